The lowest BCUT2D eigenvalue weighted by atomic mass is 9.96. The first kappa shape index (κ1) is 20.2. The van der Waals surface area contributed by atoms with Crippen molar-refractivity contribution in [3.63, 3.8) is 0 Å². The van der Waals surface area contributed by atoms with Crippen molar-refractivity contribution in [1.29, 1.82) is 0 Å². The molecule has 1 heterocycles. The van der Waals surface area contributed by atoms with Crippen LogP contribution in [0, 0.1) is 9.49 Å². The monoisotopic (exact) mass is 457 g/mol. The number of carbonyl (C=O) groups excluding carboxylic acids is 1. The first-order valence-electron chi connectivity index (χ1n) is 8.81. The number of nitrogens with two attached hydrogens (primary N) is 2. The van der Waals surface area contributed by atoms with Gasteiger partial charge < -0.3 is 16.2 Å². The number of benzene rings is 1. The van der Waals surface area contributed by atoms with Crippen LogP contribution in [0.25, 0.3) is 0 Å². The molecule has 0 amide bonds. The number of esters is 1. The van der Waals surface area contributed by atoms with Crippen molar-refractivity contribution < 1.29 is 9.53 Å². The van der Waals surface area contributed by atoms with Gasteiger partial charge in [0, 0.05) is 15.8 Å². The molecule has 0 radical (unpaired) electrons. The van der Waals surface area contributed by atoms with Crippen LogP contribution in [0.1, 0.15) is 38.3 Å². The van der Waals surface area contributed by atoms with Crippen LogP contribution >= 0.6 is 22.6 Å². The average molecular weight is 457 g/mol. The van der Waals surface area contributed by atoms with E-state index in [0.29, 0.717) is 24.4 Å². The van der Waals surface area contributed by atoms with E-state index in [-0.39, 0.29) is 0 Å². The zero-order valence-corrected chi connectivity index (χ0v) is 17.2. The van der Waals surface area contributed by atoms with Gasteiger partial charge in [-0.25, -0.2) is 4.79 Å². The highest BCUT2D eigenvalue weighted by Gasteiger charge is 2.25. The number of nitrogens with zero attached hydrogens (tertiary/aromatic N) is 1. The Morgan fingerprint density at radius 1 is 1.32 bits per heavy atom. The van der Waals surface area contributed by atoms with Crippen molar-refractivity contribution >= 4 is 28.6 Å². The molecule has 6 heteroatoms. The van der Waals surface area contributed by atoms with Crippen LogP contribution in [0.4, 0.5) is 0 Å². The maximum atomic E-state index is 12.5. The largest absolute Gasteiger partial charge is 0.463 e. The number of likely N-dealkylation sites (tertiary alicyclic amines) is 1. The highest BCUT2D eigenvalue weighted by atomic mass is 127. The molecular weight excluding hydrogens is 429 g/mol. The second kappa shape index (κ2) is 9.54. The number of halogens is 1. The maximum absolute atomic E-state index is 12.5. The lowest BCUT2D eigenvalue weighted by Crippen LogP contribution is -2.37. The summed E-state index contributed by atoms with van der Waals surface area (Å²) in [5.41, 5.74) is 14.5. The van der Waals surface area contributed by atoms with E-state index in [1.165, 1.54) is 0 Å². The molecule has 2 rings (SSSR count). The van der Waals surface area contributed by atoms with Gasteiger partial charge in [-0.15, -0.1) is 0 Å². The minimum absolute atomic E-state index is 0.302. The number of carbonyl (C=O) groups is 1. The van der Waals surface area contributed by atoms with Gasteiger partial charge in [0.1, 0.15) is 0 Å². The smallest absolute Gasteiger partial charge is 0.337 e. The quantitative estimate of drug-likeness (QED) is 0.390. The molecule has 138 valence electrons. The number of piperidine rings is 1. The molecule has 4 N–H and O–H groups in total. The fraction of sp³-hybridized carbons (Fsp3) is 0.526. The molecule has 1 atom stereocenters. The van der Waals surface area contributed by atoms with Crippen LogP contribution < -0.4 is 11.5 Å². The van der Waals surface area contributed by atoms with Crippen LogP contribution in [0.15, 0.2) is 35.5 Å². The summed E-state index contributed by atoms with van der Waals surface area (Å²) >= 11 is 2.24. The van der Waals surface area contributed by atoms with Gasteiger partial charge in [0.25, 0.3) is 0 Å². The second-order valence-corrected chi connectivity index (χ2v) is 7.89. The molecule has 0 bridgehead atoms. The van der Waals surface area contributed by atoms with Gasteiger partial charge in [-0.05, 0) is 79.1 Å². The van der Waals surface area contributed by atoms with E-state index in [2.05, 4.69) is 34.4 Å². The van der Waals surface area contributed by atoms with Gasteiger partial charge in [-0.1, -0.05) is 19.1 Å². The lowest BCUT2D eigenvalue weighted by Gasteiger charge is -2.31. The topological polar surface area (TPSA) is 81.6 Å². The number of ether oxygens (including phenoxy) is 1. The third kappa shape index (κ3) is 5.69. The minimum atomic E-state index is -0.584. The fourth-order valence-electron chi connectivity index (χ4n) is 3.05. The predicted octanol–water partition coefficient (Wildman–Crippen LogP) is 2.80. The molecule has 0 spiro atoms. The number of rotatable bonds is 6. The number of hydrogen-bond donors (Lipinski definition) is 2. The Kier molecular flexibility index (Phi) is 7.71. The molecule has 1 unspecified atom stereocenters. The summed E-state index contributed by atoms with van der Waals surface area (Å²) in [6.07, 6.45) is 2.32. The summed E-state index contributed by atoms with van der Waals surface area (Å²) in [6.45, 7) is 6.91. The Labute approximate surface area is 163 Å². The summed E-state index contributed by atoms with van der Waals surface area (Å²) in [6, 6.07) is 7.23. The Morgan fingerprint density at radius 3 is 2.48 bits per heavy atom. The first-order valence-corrected chi connectivity index (χ1v) is 9.89. The van der Waals surface area contributed by atoms with E-state index >= 15 is 0 Å². The third-order valence-electron chi connectivity index (χ3n) is 4.65. The van der Waals surface area contributed by atoms with Crippen molar-refractivity contribution in [3.8, 4) is 0 Å². The van der Waals surface area contributed by atoms with Crippen molar-refractivity contribution in [3.05, 3.63) is 44.7 Å². The summed E-state index contributed by atoms with van der Waals surface area (Å²) in [4.78, 5) is 14.8. The van der Waals surface area contributed by atoms with Crippen LogP contribution in [-0.2, 0) is 9.53 Å². The zero-order valence-electron chi connectivity index (χ0n) is 15.0. The van der Waals surface area contributed by atoms with Crippen molar-refractivity contribution in [2.24, 2.45) is 17.4 Å². The molecule has 1 aliphatic heterocycles. The highest BCUT2D eigenvalue weighted by Crippen LogP contribution is 2.24. The fourth-order valence-corrected chi connectivity index (χ4v) is 3.41. The number of hydrogen-bond acceptors (Lipinski definition) is 5. The van der Waals surface area contributed by atoms with E-state index in [4.69, 9.17) is 16.2 Å². The van der Waals surface area contributed by atoms with E-state index in [1.54, 1.807) is 6.92 Å². The van der Waals surface area contributed by atoms with Gasteiger partial charge in [0.05, 0.1) is 18.2 Å². The average Bonchev–Trinajstić information content (AvgIpc) is 2.58. The summed E-state index contributed by atoms with van der Waals surface area (Å²) in [5, 5.41) is 0. The Bertz CT molecular complexity index is 608. The van der Waals surface area contributed by atoms with Crippen LogP contribution in [0.5, 0.6) is 0 Å². The van der Waals surface area contributed by atoms with Crippen LogP contribution in [-0.4, -0.2) is 37.1 Å². The van der Waals surface area contributed by atoms with E-state index in [0.717, 1.165) is 41.0 Å². The molecule has 0 aliphatic carbocycles. The maximum Gasteiger partial charge on any atom is 0.337 e. The first-order chi connectivity index (χ1) is 11.9. The van der Waals surface area contributed by atoms with E-state index in [1.807, 2.05) is 24.3 Å². The summed E-state index contributed by atoms with van der Waals surface area (Å²) < 4.78 is 6.34. The van der Waals surface area contributed by atoms with E-state index in [9.17, 15) is 4.79 Å². The Balaban J connectivity index is 2.23. The minimum Gasteiger partial charge on any atom is -0.463 e. The Morgan fingerprint density at radius 2 is 1.92 bits per heavy atom. The highest BCUT2D eigenvalue weighted by molar-refractivity contribution is 14.1. The zero-order chi connectivity index (χ0) is 18.4. The molecule has 1 aromatic carbocycles. The molecule has 5 nitrogen and oxygen atoms in total. The van der Waals surface area contributed by atoms with Crippen molar-refractivity contribution in [2.75, 3.05) is 26.2 Å². The molecule has 0 saturated carbocycles. The molecule has 0 aromatic heterocycles. The van der Waals surface area contributed by atoms with Crippen LogP contribution in [0.2, 0.25) is 0 Å². The SMILES string of the molecule is CCOC(=O)/C(=C(/N)CN1CCC(C)CC1)C(N)c1ccc(I)cc1. The van der Waals surface area contributed by atoms with Gasteiger partial charge in [-0.2, -0.15) is 0 Å². The molecule has 1 fully saturated rings. The molecule has 25 heavy (non-hydrogen) atoms. The molecule has 1 saturated heterocycles. The lowest BCUT2D eigenvalue weighted by molar-refractivity contribution is -0.138. The van der Waals surface area contributed by atoms with Crippen molar-refractivity contribution in [1.82, 2.24) is 4.90 Å². The second-order valence-electron chi connectivity index (χ2n) is 6.65. The van der Waals surface area contributed by atoms with E-state index < -0.39 is 12.0 Å². The third-order valence-corrected chi connectivity index (χ3v) is 5.37. The normalized spacial score (nSPS) is 18.6. The molecular formula is C19H28IN3O2. The summed E-state index contributed by atoms with van der Waals surface area (Å²) in [7, 11) is 0. The molecule has 1 aliphatic rings. The molecule has 1 aromatic rings. The van der Waals surface area contributed by atoms with Gasteiger partial charge >= 0.3 is 5.97 Å². The predicted molar refractivity (Wildman–Crippen MR) is 109 cm³/mol. The Hall–Kier alpha value is -1.12. The summed E-state index contributed by atoms with van der Waals surface area (Å²) in [5.74, 6) is 0.330. The standard InChI is InChI=1S/C19H28IN3O2/c1-3-25-19(24)17(18(22)14-4-6-15(20)7-5-14)16(21)12-23-10-8-13(2)9-11-23/h4-7,13,18H,3,8-12,21-22H2,1-2H3/b17-16+. The van der Waals surface area contributed by atoms with Gasteiger partial charge in [-0.3, -0.25) is 4.90 Å². The van der Waals surface area contributed by atoms with Crippen molar-refractivity contribution in [2.45, 2.75) is 32.7 Å². The van der Waals surface area contributed by atoms with Gasteiger partial charge in [0.2, 0.25) is 0 Å². The van der Waals surface area contributed by atoms with Gasteiger partial charge in [0.15, 0.2) is 0 Å². The van der Waals surface area contributed by atoms with Crippen LogP contribution in [0.3, 0.4) is 0 Å².